The molecule has 90 valence electrons. The molecule has 0 saturated carbocycles. The minimum atomic E-state index is -0.414. The molecule has 3 nitrogen and oxygen atoms in total. The van der Waals surface area contributed by atoms with E-state index in [0.29, 0.717) is 11.6 Å². The Morgan fingerprint density at radius 1 is 1.18 bits per heavy atom. The van der Waals surface area contributed by atoms with Gasteiger partial charge >= 0.3 is 0 Å². The SMILES string of the molecule is C.O=c1c(O)cccn1Cc1ccccc1Cl. The van der Waals surface area contributed by atoms with Crippen molar-refractivity contribution in [2.45, 2.75) is 14.0 Å². The van der Waals surface area contributed by atoms with Gasteiger partial charge in [-0.25, -0.2) is 0 Å². The second kappa shape index (κ2) is 5.55. The summed E-state index contributed by atoms with van der Waals surface area (Å²) in [5.74, 6) is -0.255. The van der Waals surface area contributed by atoms with Crippen molar-refractivity contribution < 1.29 is 5.11 Å². The van der Waals surface area contributed by atoms with Crippen molar-refractivity contribution in [1.29, 1.82) is 0 Å². The first-order valence-electron chi connectivity index (χ1n) is 4.80. The molecule has 17 heavy (non-hydrogen) atoms. The summed E-state index contributed by atoms with van der Waals surface area (Å²) in [4.78, 5) is 11.6. The molecule has 0 aliphatic rings. The van der Waals surface area contributed by atoms with Crippen LogP contribution in [0.25, 0.3) is 0 Å². The maximum Gasteiger partial charge on any atom is 0.292 e. The van der Waals surface area contributed by atoms with Crippen LogP contribution >= 0.6 is 11.6 Å². The van der Waals surface area contributed by atoms with Gasteiger partial charge in [0.25, 0.3) is 5.56 Å². The first-order valence-corrected chi connectivity index (χ1v) is 5.18. The fourth-order valence-corrected chi connectivity index (χ4v) is 1.65. The zero-order valence-electron chi connectivity index (χ0n) is 8.43. The van der Waals surface area contributed by atoms with Crippen molar-refractivity contribution >= 4 is 11.6 Å². The first kappa shape index (κ1) is 13.3. The number of rotatable bonds is 2. The van der Waals surface area contributed by atoms with Crippen LogP contribution in [0.5, 0.6) is 5.75 Å². The maximum atomic E-state index is 11.6. The molecule has 4 heteroatoms. The summed E-state index contributed by atoms with van der Waals surface area (Å²) < 4.78 is 1.41. The first-order chi connectivity index (χ1) is 7.68. The molecular weight excluding hydrogens is 238 g/mol. The fourth-order valence-electron chi connectivity index (χ4n) is 1.46. The van der Waals surface area contributed by atoms with Crippen LogP contribution in [0.1, 0.15) is 13.0 Å². The van der Waals surface area contributed by atoms with Gasteiger partial charge < -0.3 is 9.67 Å². The lowest BCUT2D eigenvalue weighted by molar-refractivity contribution is 0.459. The highest BCUT2D eigenvalue weighted by atomic mass is 35.5. The number of nitrogens with zero attached hydrogens (tertiary/aromatic N) is 1. The Kier molecular flexibility index (Phi) is 4.35. The number of pyridine rings is 1. The molecule has 0 unspecified atom stereocenters. The molecule has 0 bridgehead atoms. The van der Waals surface area contributed by atoms with Crippen LogP contribution in [0.4, 0.5) is 0 Å². The fraction of sp³-hybridized carbons (Fsp3) is 0.154. The van der Waals surface area contributed by atoms with Crippen LogP contribution < -0.4 is 5.56 Å². The van der Waals surface area contributed by atoms with Crippen LogP contribution in [0.3, 0.4) is 0 Å². The van der Waals surface area contributed by atoms with Gasteiger partial charge in [0.2, 0.25) is 0 Å². The summed E-state index contributed by atoms with van der Waals surface area (Å²) in [5.41, 5.74) is 0.430. The summed E-state index contributed by atoms with van der Waals surface area (Å²) in [6.07, 6.45) is 1.62. The summed E-state index contributed by atoms with van der Waals surface area (Å²) in [6, 6.07) is 10.3. The monoisotopic (exact) mass is 251 g/mol. The number of aromatic nitrogens is 1. The molecule has 1 aromatic heterocycles. The van der Waals surface area contributed by atoms with Crippen molar-refractivity contribution in [2.75, 3.05) is 0 Å². The lowest BCUT2D eigenvalue weighted by Gasteiger charge is -2.07. The second-order valence-electron chi connectivity index (χ2n) is 3.42. The van der Waals surface area contributed by atoms with E-state index < -0.39 is 5.56 Å². The minimum Gasteiger partial charge on any atom is -0.503 e. The van der Waals surface area contributed by atoms with Crippen molar-refractivity contribution in [1.82, 2.24) is 4.57 Å². The minimum absolute atomic E-state index is 0. The van der Waals surface area contributed by atoms with E-state index in [1.165, 1.54) is 10.6 Å². The molecule has 0 amide bonds. The molecule has 0 spiro atoms. The number of benzene rings is 1. The van der Waals surface area contributed by atoms with Gasteiger partial charge in [0.1, 0.15) is 0 Å². The second-order valence-corrected chi connectivity index (χ2v) is 3.83. The molecular formula is C13H14ClNO2. The predicted molar refractivity (Wildman–Crippen MR) is 69.7 cm³/mol. The van der Waals surface area contributed by atoms with E-state index in [1.54, 1.807) is 18.3 Å². The highest BCUT2D eigenvalue weighted by molar-refractivity contribution is 6.31. The third kappa shape index (κ3) is 2.88. The molecule has 0 saturated heterocycles. The van der Waals surface area contributed by atoms with Crippen molar-refractivity contribution in [2.24, 2.45) is 0 Å². The Hall–Kier alpha value is -1.74. The van der Waals surface area contributed by atoms with Crippen LogP contribution in [-0.4, -0.2) is 9.67 Å². The lowest BCUT2D eigenvalue weighted by Crippen LogP contribution is -2.19. The molecule has 1 N–H and O–H groups in total. The normalized spacial score (nSPS) is 9.71. The van der Waals surface area contributed by atoms with Gasteiger partial charge in [-0.15, -0.1) is 0 Å². The van der Waals surface area contributed by atoms with Crippen molar-refractivity contribution in [3.8, 4) is 5.75 Å². The lowest BCUT2D eigenvalue weighted by atomic mass is 10.2. The van der Waals surface area contributed by atoms with E-state index in [0.717, 1.165) is 5.56 Å². The third-order valence-corrected chi connectivity index (χ3v) is 2.67. The Balaban J connectivity index is 0.00000144. The Bertz CT molecular complexity index is 563. The molecule has 0 fully saturated rings. The van der Waals surface area contributed by atoms with Gasteiger partial charge in [0.05, 0.1) is 6.54 Å². The van der Waals surface area contributed by atoms with Crippen LogP contribution in [0, 0.1) is 0 Å². The summed E-state index contributed by atoms with van der Waals surface area (Å²) in [7, 11) is 0. The van der Waals surface area contributed by atoms with E-state index in [9.17, 15) is 9.90 Å². The average Bonchev–Trinajstić information content (AvgIpc) is 2.28. The van der Waals surface area contributed by atoms with Gasteiger partial charge in [-0.1, -0.05) is 37.2 Å². The highest BCUT2D eigenvalue weighted by Gasteiger charge is 2.03. The van der Waals surface area contributed by atoms with Crippen LogP contribution in [-0.2, 0) is 6.54 Å². The largest absolute Gasteiger partial charge is 0.503 e. The predicted octanol–water partition coefficient (Wildman–Crippen LogP) is 2.89. The highest BCUT2D eigenvalue weighted by Crippen LogP contribution is 2.15. The van der Waals surface area contributed by atoms with Gasteiger partial charge in [-0.2, -0.15) is 0 Å². The molecule has 2 rings (SSSR count). The number of aromatic hydroxyl groups is 1. The third-order valence-electron chi connectivity index (χ3n) is 2.30. The maximum absolute atomic E-state index is 11.6. The van der Waals surface area contributed by atoms with Gasteiger partial charge in [-0.05, 0) is 23.8 Å². The topological polar surface area (TPSA) is 42.2 Å². The molecule has 0 radical (unpaired) electrons. The zero-order chi connectivity index (χ0) is 11.5. The van der Waals surface area contributed by atoms with E-state index in [-0.39, 0.29) is 13.2 Å². The zero-order valence-corrected chi connectivity index (χ0v) is 9.19. The quantitative estimate of drug-likeness (QED) is 0.892. The summed E-state index contributed by atoms with van der Waals surface area (Å²) in [5, 5.41) is 9.89. The van der Waals surface area contributed by atoms with Gasteiger partial charge in [0, 0.05) is 11.2 Å². The van der Waals surface area contributed by atoms with E-state index >= 15 is 0 Å². The van der Waals surface area contributed by atoms with Crippen LogP contribution in [0.2, 0.25) is 5.02 Å². The Morgan fingerprint density at radius 3 is 2.59 bits per heavy atom. The van der Waals surface area contributed by atoms with E-state index in [1.807, 2.05) is 18.2 Å². The molecule has 2 aromatic rings. The smallest absolute Gasteiger partial charge is 0.292 e. The van der Waals surface area contributed by atoms with E-state index in [4.69, 9.17) is 11.6 Å². The molecule has 1 heterocycles. The molecule has 0 atom stereocenters. The number of halogens is 1. The summed E-state index contributed by atoms with van der Waals surface area (Å²) >= 11 is 5.99. The number of hydrogen-bond acceptors (Lipinski definition) is 2. The molecule has 1 aromatic carbocycles. The van der Waals surface area contributed by atoms with Crippen molar-refractivity contribution in [3.05, 3.63) is 63.5 Å². The van der Waals surface area contributed by atoms with E-state index in [2.05, 4.69) is 0 Å². The standard InChI is InChI=1S/C12H10ClNO2.CH4/c13-10-5-2-1-4-9(10)8-14-7-3-6-11(15)12(14)16;/h1-7,15H,8H2;1H4. The average molecular weight is 252 g/mol. The Labute approximate surface area is 105 Å². The molecule has 0 aliphatic heterocycles. The van der Waals surface area contributed by atoms with Crippen molar-refractivity contribution in [3.63, 3.8) is 0 Å². The van der Waals surface area contributed by atoms with Gasteiger partial charge in [-0.3, -0.25) is 4.79 Å². The number of hydrogen-bond donors (Lipinski definition) is 1. The van der Waals surface area contributed by atoms with Gasteiger partial charge in [0.15, 0.2) is 5.75 Å². The van der Waals surface area contributed by atoms with Crippen LogP contribution in [0.15, 0.2) is 47.4 Å². The Morgan fingerprint density at radius 2 is 1.88 bits per heavy atom. The molecule has 0 aliphatic carbocycles. The summed E-state index contributed by atoms with van der Waals surface area (Å²) in [6.45, 7) is 0.354.